The minimum Gasteiger partial charge on any atom is -0.466 e. The van der Waals surface area contributed by atoms with Crippen molar-refractivity contribution in [3.63, 3.8) is 0 Å². The molecule has 0 aromatic heterocycles. The van der Waals surface area contributed by atoms with Gasteiger partial charge in [-0.1, -0.05) is 65.7 Å². The van der Waals surface area contributed by atoms with Crippen LogP contribution in [0.25, 0.3) is 0 Å². The zero-order chi connectivity index (χ0) is 36.5. The minimum absolute atomic E-state index is 0.282. The highest BCUT2D eigenvalue weighted by Crippen LogP contribution is 2.57. The molecule has 2 aliphatic rings. The van der Waals surface area contributed by atoms with Crippen molar-refractivity contribution in [2.75, 3.05) is 59.4 Å². The number of hydrogen-bond acceptors (Lipinski definition) is 12. The molecule has 3 aromatic carbocycles. The van der Waals surface area contributed by atoms with Gasteiger partial charge in [0.1, 0.15) is 16.8 Å². The second kappa shape index (κ2) is 13.8. The highest BCUT2D eigenvalue weighted by Gasteiger charge is 2.65. The first-order valence-electron chi connectivity index (χ1n) is 15.7. The van der Waals surface area contributed by atoms with Gasteiger partial charge < -0.3 is 33.6 Å². The lowest BCUT2D eigenvalue weighted by Crippen LogP contribution is -2.59. The van der Waals surface area contributed by atoms with Crippen LogP contribution >= 0.6 is 0 Å². The van der Waals surface area contributed by atoms with Gasteiger partial charge in [0.25, 0.3) is 0 Å². The van der Waals surface area contributed by atoms with Gasteiger partial charge in [0.2, 0.25) is 0 Å². The number of anilines is 2. The molecular formula is C38H40N4O8. The Kier molecular flexibility index (Phi) is 9.75. The summed E-state index contributed by atoms with van der Waals surface area (Å²) in [6.07, 6.45) is 0. The van der Waals surface area contributed by atoms with Crippen LogP contribution in [0.1, 0.15) is 16.7 Å². The Labute approximate surface area is 291 Å². The maximum absolute atomic E-state index is 14.4. The minimum atomic E-state index is -1.85. The molecule has 0 bridgehead atoms. The molecule has 0 amide bonds. The molecule has 12 nitrogen and oxygen atoms in total. The summed E-state index contributed by atoms with van der Waals surface area (Å²) in [5.74, 6) is -3.22. The van der Waals surface area contributed by atoms with E-state index in [0.717, 1.165) is 38.1 Å². The molecule has 2 heterocycles. The van der Waals surface area contributed by atoms with E-state index >= 15 is 0 Å². The molecule has 1 unspecified atom stereocenters. The Hall–Kier alpha value is -6.04. The molecule has 260 valence electrons. The highest BCUT2D eigenvalue weighted by molar-refractivity contribution is 6.17. The maximum Gasteiger partial charge on any atom is 0.355 e. The van der Waals surface area contributed by atoms with E-state index in [1.54, 1.807) is 47.2 Å². The summed E-state index contributed by atoms with van der Waals surface area (Å²) >= 11 is 0. The van der Waals surface area contributed by atoms with E-state index in [2.05, 4.69) is 0 Å². The lowest BCUT2D eigenvalue weighted by atomic mass is 9.79. The predicted octanol–water partition coefficient (Wildman–Crippen LogP) is 4.36. The molecular weight excluding hydrogens is 640 g/mol. The summed E-state index contributed by atoms with van der Waals surface area (Å²) < 4.78 is 21.1. The first kappa shape index (κ1) is 35.3. The molecule has 2 aliphatic heterocycles. The average molecular weight is 681 g/mol. The second-order valence-electron chi connectivity index (χ2n) is 11.8. The first-order valence-corrected chi connectivity index (χ1v) is 15.7. The number of fused-ring (bicyclic) bond motifs is 1. The molecule has 0 spiro atoms. The maximum atomic E-state index is 14.4. The van der Waals surface area contributed by atoms with Gasteiger partial charge in [-0.15, -0.1) is 0 Å². The van der Waals surface area contributed by atoms with E-state index < -0.39 is 40.7 Å². The fourth-order valence-corrected chi connectivity index (χ4v) is 6.62. The lowest BCUT2D eigenvalue weighted by Gasteiger charge is -2.50. The van der Waals surface area contributed by atoms with Gasteiger partial charge in [0.05, 0.1) is 34.0 Å². The fourth-order valence-electron chi connectivity index (χ4n) is 6.62. The summed E-state index contributed by atoms with van der Waals surface area (Å²) in [7, 11) is 9.96. The van der Waals surface area contributed by atoms with Crippen LogP contribution in [0.2, 0.25) is 0 Å². The number of carbonyl (C=O) groups is 4. The molecule has 1 atom stereocenters. The number of ether oxygens (including phenoxy) is 4. The van der Waals surface area contributed by atoms with E-state index in [-0.39, 0.29) is 11.3 Å². The van der Waals surface area contributed by atoms with Gasteiger partial charge in [0.15, 0.2) is 17.3 Å². The van der Waals surface area contributed by atoms with E-state index in [9.17, 15) is 19.2 Å². The monoisotopic (exact) mass is 680 g/mol. The quantitative estimate of drug-likeness (QED) is 0.236. The van der Waals surface area contributed by atoms with Crippen LogP contribution in [-0.2, 0) is 43.8 Å². The van der Waals surface area contributed by atoms with Crippen molar-refractivity contribution in [2.24, 2.45) is 0 Å². The number of esters is 4. The molecule has 0 aliphatic carbocycles. The molecule has 0 saturated carbocycles. The van der Waals surface area contributed by atoms with Crippen molar-refractivity contribution in [2.45, 2.75) is 19.5 Å². The highest BCUT2D eigenvalue weighted by atomic mass is 16.5. The third-order valence-corrected chi connectivity index (χ3v) is 9.05. The zero-order valence-corrected chi connectivity index (χ0v) is 29.6. The molecule has 50 heavy (non-hydrogen) atoms. The fraction of sp³-hybridized carbons (Fsp3) is 0.263. The Balaban J connectivity index is 2.07. The van der Waals surface area contributed by atoms with Crippen LogP contribution in [0.5, 0.6) is 0 Å². The number of rotatable bonds is 9. The first-order chi connectivity index (χ1) is 23.9. The van der Waals surface area contributed by atoms with Crippen molar-refractivity contribution in [3.05, 3.63) is 130 Å². The van der Waals surface area contributed by atoms with Crippen LogP contribution in [0.15, 0.2) is 113 Å². The van der Waals surface area contributed by atoms with Gasteiger partial charge in [-0.2, -0.15) is 0 Å². The SMILES string of the molecule is COC(=O)C1=C(C(=O)OC)N2C(N(C)c3ccc(C)cc3)=C(N(C)c3ccc(C)cc3)N(C)C2(c2ccccc2)C(C(=O)OC)=C1C(=O)OC. The van der Waals surface area contributed by atoms with Gasteiger partial charge in [-0.25, -0.2) is 19.2 Å². The third kappa shape index (κ3) is 5.42. The van der Waals surface area contributed by atoms with Gasteiger partial charge in [-0.3, -0.25) is 4.90 Å². The van der Waals surface area contributed by atoms with Gasteiger partial charge in [-0.05, 0) is 38.1 Å². The zero-order valence-electron chi connectivity index (χ0n) is 29.6. The summed E-state index contributed by atoms with van der Waals surface area (Å²) in [6, 6.07) is 24.4. The Morgan fingerprint density at radius 1 is 0.580 bits per heavy atom. The number of benzene rings is 3. The van der Waals surface area contributed by atoms with Crippen LogP contribution in [-0.4, -0.2) is 83.3 Å². The number of likely N-dealkylation sites (N-methyl/N-ethyl adjacent to an activating group) is 1. The standard InChI is InChI=1S/C38H40N4O8/c1-23-15-19-26(20-16-23)39(3)32-33(40(4)27-21-17-24(2)18-22-27)42-31(37(46)50-9)29(35(44)48-7)28(34(43)47-6)30(36(45)49-8)38(42,41(32)5)25-13-11-10-12-14-25/h10-22H,1-9H3. The van der Waals surface area contributed by atoms with E-state index in [1.165, 1.54) is 7.11 Å². The number of carbonyl (C=O) groups excluding carboxylic acids is 4. The molecule has 5 rings (SSSR count). The van der Waals surface area contributed by atoms with Crippen LogP contribution in [0.4, 0.5) is 11.4 Å². The second-order valence-corrected chi connectivity index (χ2v) is 11.8. The van der Waals surface area contributed by atoms with Crippen molar-refractivity contribution in [3.8, 4) is 0 Å². The number of aryl methyl sites for hydroxylation is 2. The number of methoxy groups -OCH3 is 4. The van der Waals surface area contributed by atoms with Gasteiger partial charge in [0, 0.05) is 38.1 Å². The van der Waals surface area contributed by atoms with Crippen molar-refractivity contribution < 1.29 is 38.1 Å². The summed E-state index contributed by atoms with van der Waals surface area (Å²) in [5, 5.41) is 0. The number of nitrogens with zero attached hydrogens (tertiary/aromatic N) is 4. The third-order valence-electron chi connectivity index (χ3n) is 9.05. The summed E-state index contributed by atoms with van der Waals surface area (Å²) in [5.41, 5.74) is 0.486. The largest absolute Gasteiger partial charge is 0.466 e. The molecule has 0 radical (unpaired) electrons. The number of hydrogen-bond donors (Lipinski definition) is 0. The molecule has 12 heteroatoms. The predicted molar refractivity (Wildman–Crippen MR) is 186 cm³/mol. The Bertz CT molecular complexity index is 1930. The Morgan fingerprint density at radius 2 is 1.02 bits per heavy atom. The van der Waals surface area contributed by atoms with Crippen molar-refractivity contribution >= 4 is 35.3 Å². The van der Waals surface area contributed by atoms with Crippen LogP contribution in [0, 0.1) is 13.8 Å². The molecule has 0 N–H and O–H groups in total. The summed E-state index contributed by atoms with van der Waals surface area (Å²) in [4.78, 5) is 63.5. The molecule has 0 fully saturated rings. The normalized spacial score (nSPS) is 17.0. The summed E-state index contributed by atoms with van der Waals surface area (Å²) in [6.45, 7) is 3.95. The van der Waals surface area contributed by atoms with Gasteiger partial charge >= 0.3 is 23.9 Å². The van der Waals surface area contributed by atoms with Crippen molar-refractivity contribution in [1.29, 1.82) is 0 Å². The lowest BCUT2D eigenvalue weighted by molar-refractivity contribution is -0.146. The average Bonchev–Trinajstić information content (AvgIpc) is 3.41. The topological polar surface area (TPSA) is 118 Å². The van der Waals surface area contributed by atoms with E-state index in [0.29, 0.717) is 22.9 Å². The van der Waals surface area contributed by atoms with E-state index in [4.69, 9.17) is 18.9 Å². The Morgan fingerprint density at radius 3 is 1.48 bits per heavy atom. The van der Waals surface area contributed by atoms with Crippen molar-refractivity contribution in [1.82, 2.24) is 9.80 Å². The smallest absolute Gasteiger partial charge is 0.355 e. The van der Waals surface area contributed by atoms with E-state index in [1.807, 2.05) is 86.3 Å². The molecule has 3 aromatic rings. The van der Waals surface area contributed by atoms with Crippen LogP contribution in [0.3, 0.4) is 0 Å². The van der Waals surface area contributed by atoms with Crippen LogP contribution < -0.4 is 9.80 Å². The molecule has 0 saturated heterocycles.